The number of hydrogen-bond acceptors (Lipinski definition) is 3. The van der Waals surface area contributed by atoms with Crippen LogP contribution in [-0.2, 0) is 4.57 Å². The van der Waals surface area contributed by atoms with Crippen molar-refractivity contribution >= 4 is 13.1 Å². The fraction of sp³-hybridized carbons (Fsp3) is 0.400. The monoisotopic (exact) mass is 213 g/mol. The molecule has 1 unspecified atom stereocenters. The zero-order valence-corrected chi connectivity index (χ0v) is 9.38. The molecule has 0 bridgehead atoms. The molecule has 0 saturated heterocycles. The first-order valence-corrected chi connectivity index (χ1v) is 5.58. The number of benzene rings is 1. The largest absolute Gasteiger partial charge is 0.504 e. The molecule has 4 heteroatoms. The van der Waals surface area contributed by atoms with Crippen molar-refractivity contribution in [2.75, 3.05) is 0 Å². The minimum absolute atomic E-state index is 0.110. The molecule has 1 aromatic carbocycles. The van der Waals surface area contributed by atoms with Gasteiger partial charge in [-0.2, -0.15) is 0 Å². The van der Waals surface area contributed by atoms with Gasteiger partial charge in [0.15, 0.2) is 16.7 Å². The quantitative estimate of drug-likeness (QED) is 0.704. The van der Waals surface area contributed by atoms with Crippen molar-refractivity contribution in [3.63, 3.8) is 0 Å². The number of hydrogen-bond donors (Lipinski definition) is 2. The Kier molecular flexibility index (Phi) is 2.81. The average molecular weight is 213 g/mol. The average Bonchev–Trinajstić information content (AvgIpc) is 2.01. The maximum Gasteiger partial charge on any atom is 0.390 e. The highest BCUT2D eigenvalue weighted by molar-refractivity contribution is 7.55. The zero-order valence-electron chi connectivity index (χ0n) is 8.48. The Hall–Kier alpha value is -1.08. The van der Waals surface area contributed by atoms with Gasteiger partial charge in [0.2, 0.25) is 0 Å². The summed E-state index contributed by atoms with van der Waals surface area (Å²) in [5.41, 5.74) is 0. The predicted octanol–water partition coefficient (Wildman–Crippen LogP) is 2.35. The van der Waals surface area contributed by atoms with Crippen molar-refractivity contribution in [3.05, 3.63) is 18.2 Å². The van der Waals surface area contributed by atoms with Gasteiger partial charge in [0.1, 0.15) is 0 Å². The SMILES string of the molecule is CC(C)(C)[P+](=O)c1c(O)cccc1O. The highest BCUT2D eigenvalue weighted by Gasteiger charge is 2.40. The molecule has 0 saturated carbocycles. The summed E-state index contributed by atoms with van der Waals surface area (Å²) >= 11 is 0. The molecular weight excluding hydrogens is 199 g/mol. The van der Waals surface area contributed by atoms with Crippen LogP contribution < -0.4 is 5.30 Å². The van der Waals surface area contributed by atoms with E-state index in [-0.39, 0.29) is 16.8 Å². The third-order valence-electron chi connectivity index (χ3n) is 1.81. The van der Waals surface area contributed by atoms with Crippen molar-refractivity contribution < 1.29 is 14.8 Å². The van der Waals surface area contributed by atoms with Gasteiger partial charge in [-0.3, -0.25) is 0 Å². The summed E-state index contributed by atoms with van der Waals surface area (Å²) in [5.74, 6) is -0.220. The second-order valence-corrected chi connectivity index (χ2v) is 6.49. The van der Waals surface area contributed by atoms with Gasteiger partial charge >= 0.3 is 7.80 Å². The number of phenolic OH excluding ortho intramolecular Hbond substituents is 2. The van der Waals surface area contributed by atoms with E-state index in [1.165, 1.54) is 18.2 Å². The molecule has 0 heterocycles. The first-order valence-electron chi connectivity index (χ1n) is 4.32. The smallest absolute Gasteiger partial charge is 0.390 e. The van der Waals surface area contributed by atoms with E-state index in [1.807, 2.05) is 0 Å². The minimum Gasteiger partial charge on any atom is -0.504 e. The molecule has 0 aliphatic heterocycles. The lowest BCUT2D eigenvalue weighted by Gasteiger charge is -2.06. The third kappa shape index (κ3) is 2.05. The highest BCUT2D eigenvalue weighted by Crippen LogP contribution is 2.42. The molecule has 1 rings (SSSR count). The van der Waals surface area contributed by atoms with Crippen molar-refractivity contribution in [3.8, 4) is 11.5 Å². The minimum atomic E-state index is -1.81. The molecule has 76 valence electrons. The molecule has 3 nitrogen and oxygen atoms in total. The van der Waals surface area contributed by atoms with Crippen LogP contribution in [0, 0.1) is 0 Å². The van der Waals surface area contributed by atoms with Crippen molar-refractivity contribution in [2.24, 2.45) is 0 Å². The lowest BCUT2D eigenvalue weighted by atomic mass is 10.3. The van der Waals surface area contributed by atoms with E-state index in [2.05, 4.69) is 0 Å². The van der Waals surface area contributed by atoms with Crippen LogP contribution in [0.3, 0.4) is 0 Å². The molecule has 1 aromatic rings. The summed E-state index contributed by atoms with van der Waals surface area (Å²) < 4.78 is 11.9. The predicted molar refractivity (Wildman–Crippen MR) is 56.8 cm³/mol. The summed E-state index contributed by atoms with van der Waals surface area (Å²) in [6.45, 7) is 5.41. The van der Waals surface area contributed by atoms with Crippen LogP contribution in [0.2, 0.25) is 0 Å². The van der Waals surface area contributed by atoms with Crippen molar-refractivity contribution in [1.82, 2.24) is 0 Å². The lowest BCUT2D eigenvalue weighted by Crippen LogP contribution is -2.15. The molecule has 0 fully saturated rings. The van der Waals surface area contributed by atoms with Crippen LogP contribution in [-0.4, -0.2) is 15.4 Å². The number of aromatic hydroxyl groups is 2. The van der Waals surface area contributed by atoms with Gasteiger partial charge in [0, 0.05) is 0 Å². The molecule has 0 radical (unpaired) electrons. The van der Waals surface area contributed by atoms with Crippen molar-refractivity contribution in [1.29, 1.82) is 0 Å². The van der Waals surface area contributed by atoms with Crippen LogP contribution in [0.25, 0.3) is 0 Å². The Balaban J connectivity index is 3.26. The second-order valence-electron chi connectivity index (χ2n) is 4.11. The zero-order chi connectivity index (χ0) is 10.9. The Morgan fingerprint density at radius 2 is 1.57 bits per heavy atom. The molecule has 14 heavy (non-hydrogen) atoms. The highest BCUT2D eigenvalue weighted by atomic mass is 31.1. The maximum absolute atomic E-state index is 11.9. The van der Waals surface area contributed by atoms with Gasteiger partial charge in [-0.1, -0.05) is 10.6 Å². The van der Waals surface area contributed by atoms with E-state index >= 15 is 0 Å². The summed E-state index contributed by atoms with van der Waals surface area (Å²) in [6.07, 6.45) is 0. The summed E-state index contributed by atoms with van der Waals surface area (Å²) in [6, 6.07) is 4.36. The van der Waals surface area contributed by atoms with Crippen LogP contribution in [0.15, 0.2) is 18.2 Å². The van der Waals surface area contributed by atoms with E-state index in [9.17, 15) is 14.8 Å². The molecule has 2 N–H and O–H groups in total. The molecule has 1 atom stereocenters. The van der Waals surface area contributed by atoms with Gasteiger partial charge in [0.25, 0.3) is 5.30 Å². The first-order chi connectivity index (χ1) is 6.34. The van der Waals surface area contributed by atoms with Gasteiger partial charge in [-0.05, 0) is 32.9 Å². The topological polar surface area (TPSA) is 57.5 Å². The number of phenols is 2. The Labute approximate surface area is 84.2 Å². The van der Waals surface area contributed by atoms with Gasteiger partial charge in [-0.15, -0.1) is 0 Å². The Bertz CT molecular complexity index is 346. The third-order valence-corrected chi connectivity index (χ3v) is 3.89. The van der Waals surface area contributed by atoms with E-state index in [4.69, 9.17) is 0 Å². The van der Waals surface area contributed by atoms with Crippen LogP contribution in [0.1, 0.15) is 20.8 Å². The molecular formula is C10H14O3P+. The Morgan fingerprint density at radius 3 is 1.93 bits per heavy atom. The summed E-state index contributed by atoms with van der Waals surface area (Å²) in [4.78, 5) is 0. The van der Waals surface area contributed by atoms with Crippen LogP contribution >= 0.6 is 7.80 Å². The van der Waals surface area contributed by atoms with Crippen LogP contribution in [0.4, 0.5) is 0 Å². The van der Waals surface area contributed by atoms with Gasteiger partial charge in [0.05, 0.1) is 0 Å². The fourth-order valence-corrected chi connectivity index (χ4v) is 2.30. The lowest BCUT2D eigenvalue weighted by molar-refractivity contribution is 0.456. The van der Waals surface area contributed by atoms with E-state index in [0.717, 1.165) is 0 Å². The first kappa shape index (κ1) is 11.0. The molecule has 0 aliphatic carbocycles. The van der Waals surface area contributed by atoms with E-state index < -0.39 is 13.0 Å². The van der Waals surface area contributed by atoms with Gasteiger partial charge < -0.3 is 10.2 Å². The standard InChI is InChI=1S/C10H13O3P/c1-10(2,3)14(13)9-7(11)5-4-6-8(9)12/h4-6H,1-3H3,(H-,11,12,13)/p+1. The normalized spacial score (nSPS) is 12.6. The second kappa shape index (κ2) is 3.58. The van der Waals surface area contributed by atoms with Crippen molar-refractivity contribution in [2.45, 2.75) is 25.9 Å². The summed E-state index contributed by atoms with van der Waals surface area (Å²) in [5, 5.41) is 18.6. The van der Waals surface area contributed by atoms with Gasteiger partial charge in [-0.25, -0.2) is 0 Å². The van der Waals surface area contributed by atoms with E-state index in [1.54, 1.807) is 20.8 Å². The maximum atomic E-state index is 11.9. The Morgan fingerprint density at radius 1 is 1.14 bits per heavy atom. The molecule has 0 aromatic heterocycles. The van der Waals surface area contributed by atoms with Crippen LogP contribution in [0.5, 0.6) is 11.5 Å². The number of rotatable bonds is 1. The molecule has 0 aliphatic rings. The van der Waals surface area contributed by atoms with E-state index in [0.29, 0.717) is 0 Å². The fourth-order valence-electron chi connectivity index (χ4n) is 1.06. The summed E-state index contributed by atoms with van der Waals surface area (Å²) in [7, 11) is -1.81. The molecule has 0 spiro atoms. The molecule has 0 amide bonds.